The molecule has 4 heteroatoms. The molecule has 0 aliphatic carbocycles. The first-order chi connectivity index (χ1) is 9.12. The van der Waals surface area contributed by atoms with E-state index in [4.69, 9.17) is 0 Å². The summed E-state index contributed by atoms with van der Waals surface area (Å²) in [5.41, 5.74) is 2.71. The van der Waals surface area contributed by atoms with Crippen molar-refractivity contribution in [3.8, 4) is 0 Å². The van der Waals surface area contributed by atoms with Crippen molar-refractivity contribution in [1.82, 2.24) is 10.6 Å². The highest BCUT2D eigenvalue weighted by Crippen LogP contribution is 2.35. The molecule has 1 aromatic rings. The summed E-state index contributed by atoms with van der Waals surface area (Å²) in [7, 11) is 0. The number of nitrogens with one attached hydrogen (secondary N) is 2. The molecule has 1 fully saturated rings. The van der Waals surface area contributed by atoms with Crippen LogP contribution in [-0.2, 0) is 0 Å². The summed E-state index contributed by atoms with van der Waals surface area (Å²) in [6.07, 6.45) is 2.02. The largest absolute Gasteiger partial charge is 0.348 e. The fraction of sp³-hybridized carbons (Fsp3) is 0.533. The molecule has 1 amide bonds. The van der Waals surface area contributed by atoms with Gasteiger partial charge in [-0.15, -0.1) is 0 Å². The van der Waals surface area contributed by atoms with Crippen LogP contribution in [0.4, 0.5) is 5.69 Å². The molecular weight excluding hydrogens is 238 g/mol. The van der Waals surface area contributed by atoms with Crippen molar-refractivity contribution >= 4 is 11.6 Å². The average molecular weight is 259 g/mol. The fourth-order valence-electron chi connectivity index (χ4n) is 3.20. The lowest BCUT2D eigenvalue weighted by molar-refractivity contribution is 0.0880. The molecule has 102 valence electrons. The van der Waals surface area contributed by atoms with Gasteiger partial charge < -0.3 is 15.5 Å². The van der Waals surface area contributed by atoms with Crippen LogP contribution in [0.1, 0.15) is 35.7 Å². The number of carbonyl (C=O) groups is 1. The van der Waals surface area contributed by atoms with E-state index in [0.717, 1.165) is 49.3 Å². The smallest absolute Gasteiger partial charge is 0.255 e. The molecule has 1 atom stereocenters. The number of hydrogen-bond acceptors (Lipinski definition) is 3. The maximum atomic E-state index is 12.4. The highest BCUT2D eigenvalue weighted by molar-refractivity contribution is 6.03. The van der Waals surface area contributed by atoms with Crippen molar-refractivity contribution in [2.24, 2.45) is 0 Å². The van der Waals surface area contributed by atoms with Crippen molar-refractivity contribution in [2.45, 2.75) is 32.4 Å². The van der Waals surface area contributed by atoms with Crippen LogP contribution in [0.15, 0.2) is 18.2 Å². The van der Waals surface area contributed by atoms with E-state index in [9.17, 15) is 4.79 Å². The highest BCUT2D eigenvalue weighted by atomic mass is 16.2. The predicted octanol–water partition coefficient (Wildman–Crippen LogP) is 1.64. The molecule has 1 aromatic carbocycles. The van der Waals surface area contributed by atoms with Crippen molar-refractivity contribution in [2.75, 3.05) is 24.5 Å². The van der Waals surface area contributed by atoms with Crippen LogP contribution in [0.5, 0.6) is 0 Å². The zero-order valence-electron chi connectivity index (χ0n) is 11.6. The minimum absolute atomic E-state index is 0.0624. The Morgan fingerprint density at radius 1 is 1.32 bits per heavy atom. The number of carbonyl (C=O) groups excluding carboxylic acids is 1. The molecule has 0 aromatic heterocycles. The normalized spacial score (nSPS) is 26.8. The zero-order valence-corrected chi connectivity index (χ0v) is 11.6. The van der Waals surface area contributed by atoms with Crippen molar-refractivity contribution in [3.63, 3.8) is 0 Å². The minimum Gasteiger partial charge on any atom is -0.348 e. The molecule has 19 heavy (non-hydrogen) atoms. The molecule has 2 N–H and O–H groups in total. The summed E-state index contributed by atoms with van der Waals surface area (Å²) in [5, 5.41) is 6.62. The lowest BCUT2D eigenvalue weighted by Gasteiger charge is -2.48. The number of hydrogen-bond donors (Lipinski definition) is 2. The fourth-order valence-corrected chi connectivity index (χ4v) is 3.20. The zero-order chi connectivity index (χ0) is 13.5. The first-order valence-corrected chi connectivity index (χ1v) is 7.02. The molecule has 0 bridgehead atoms. The number of aryl methyl sites for hydroxylation is 1. The first-order valence-electron chi connectivity index (χ1n) is 7.02. The molecule has 4 nitrogen and oxygen atoms in total. The highest BCUT2D eigenvalue weighted by Gasteiger charge is 2.40. The molecule has 2 aliphatic heterocycles. The van der Waals surface area contributed by atoms with E-state index in [1.807, 2.05) is 19.1 Å². The molecule has 3 rings (SSSR count). The number of fused-ring (bicyclic) bond motifs is 3. The molecule has 2 heterocycles. The number of benzene rings is 1. The SMILES string of the molecule is Cc1cccc2c1C(=O)N[C@@]1(C)CCNCCCN21. The summed E-state index contributed by atoms with van der Waals surface area (Å²) < 4.78 is 0. The number of amides is 1. The molecule has 0 unspecified atom stereocenters. The van der Waals surface area contributed by atoms with Gasteiger partial charge in [-0.25, -0.2) is 0 Å². The predicted molar refractivity (Wildman–Crippen MR) is 76.5 cm³/mol. The van der Waals surface area contributed by atoms with Crippen LogP contribution in [-0.4, -0.2) is 31.2 Å². The standard InChI is InChI=1S/C15H21N3O/c1-11-5-3-6-12-13(11)14(19)17-15(2)7-9-16-8-4-10-18(12)15/h3,5-6,16H,4,7-10H2,1-2H3,(H,17,19)/t15-/m1/s1. The topological polar surface area (TPSA) is 44.4 Å². The van der Waals surface area contributed by atoms with Gasteiger partial charge in [-0.05, 0) is 45.0 Å². The number of nitrogens with zero attached hydrogens (tertiary/aromatic N) is 1. The summed E-state index contributed by atoms with van der Waals surface area (Å²) in [6, 6.07) is 6.13. The van der Waals surface area contributed by atoms with Gasteiger partial charge in [-0.3, -0.25) is 4.79 Å². The van der Waals surface area contributed by atoms with Gasteiger partial charge in [0.2, 0.25) is 0 Å². The van der Waals surface area contributed by atoms with Gasteiger partial charge in [0.25, 0.3) is 5.91 Å². The Kier molecular flexibility index (Phi) is 2.97. The maximum Gasteiger partial charge on any atom is 0.255 e. The van der Waals surface area contributed by atoms with Gasteiger partial charge in [0.05, 0.1) is 11.3 Å². The minimum atomic E-state index is -0.273. The van der Waals surface area contributed by atoms with E-state index >= 15 is 0 Å². The Labute approximate surface area is 114 Å². The molecule has 0 spiro atoms. The second kappa shape index (κ2) is 4.53. The maximum absolute atomic E-state index is 12.4. The second-order valence-electron chi connectivity index (χ2n) is 5.70. The van der Waals surface area contributed by atoms with Crippen LogP contribution in [0.2, 0.25) is 0 Å². The third kappa shape index (κ3) is 2.00. The van der Waals surface area contributed by atoms with E-state index < -0.39 is 0 Å². The van der Waals surface area contributed by atoms with Crippen molar-refractivity contribution in [1.29, 1.82) is 0 Å². The molecule has 0 radical (unpaired) electrons. The van der Waals surface area contributed by atoms with Crippen LogP contribution >= 0.6 is 0 Å². The van der Waals surface area contributed by atoms with E-state index in [2.05, 4.69) is 28.5 Å². The van der Waals surface area contributed by atoms with Crippen molar-refractivity contribution < 1.29 is 4.79 Å². The molecule has 2 aliphatic rings. The second-order valence-corrected chi connectivity index (χ2v) is 5.70. The Morgan fingerprint density at radius 3 is 3.00 bits per heavy atom. The van der Waals surface area contributed by atoms with E-state index in [-0.39, 0.29) is 11.6 Å². The van der Waals surface area contributed by atoms with Crippen LogP contribution in [0.25, 0.3) is 0 Å². The number of anilines is 1. The van der Waals surface area contributed by atoms with Crippen molar-refractivity contribution in [3.05, 3.63) is 29.3 Å². The van der Waals surface area contributed by atoms with Gasteiger partial charge in [0.1, 0.15) is 5.66 Å². The van der Waals surface area contributed by atoms with Crippen LogP contribution < -0.4 is 15.5 Å². The monoisotopic (exact) mass is 259 g/mol. The summed E-state index contributed by atoms with van der Waals surface area (Å²) in [4.78, 5) is 14.8. The average Bonchev–Trinajstić information content (AvgIpc) is 2.33. The lowest BCUT2D eigenvalue weighted by atomic mass is 9.94. The third-order valence-corrected chi connectivity index (χ3v) is 4.27. The molecule has 0 saturated carbocycles. The Bertz CT molecular complexity index is 514. The summed E-state index contributed by atoms with van der Waals surface area (Å²) in [6.45, 7) is 7.09. The number of rotatable bonds is 0. The van der Waals surface area contributed by atoms with Gasteiger partial charge in [0, 0.05) is 13.0 Å². The molecule has 1 saturated heterocycles. The summed E-state index contributed by atoms with van der Waals surface area (Å²) in [5.74, 6) is 0.0624. The molecular formula is C15H21N3O. The van der Waals surface area contributed by atoms with Gasteiger partial charge >= 0.3 is 0 Å². The Hall–Kier alpha value is -1.55. The van der Waals surface area contributed by atoms with Crippen LogP contribution in [0.3, 0.4) is 0 Å². The Balaban J connectivity index is 2.09. The van der Waals surface area contributed by atoms with E-state index in [0.29, 0.717) is 0 Å². The third-order valence-electron chi connectivity index (χ3n) is 4.27. The van der Waals surface area contributed by atoms with Gasteiger partial charge in [-0.1, -0.05) is 12.1 Å². The van der Waals surface area contributed by atoms with Gasteiger partial charge in [0.15, 0.2) is 0 Å². The van der Waals surface area contributed by atoms with Gasteiger partial charge in [-0.2, -0.15) is 0 Å². The van der Waals surface area contributed by atoms with Crippen LogP contribution in [0, 0.1) is 6.92 Å². The first kappa shape index (κ1) is 12.5. The Morgan fingerprint density at radius 2 is 2.16 bits per heavy atom. The van der Waals surface area contributed by atoms with E-state index in [1.54, 1.807) is 0 Å². The lowest BCUT2D eigenvalue weighted by Crippen LogP contribution is -2.64. The quantitative estimate of drug-likeness (QED) is 0.744. The summed E-state index contributed by atoms with van der Waals surface area (Å²) >= 11 is 0. The van der Waals surface area contributed by atoms with E-state index in [1.165, 1.54) is 0 Å².